The molecule has 2 aliphatic rings. The molecule has 2 heterocycles. The largest absolute Gasteiger partial charge is 0.420 e. The molecule has 0 spiro atoms. The van der Waals surface area contributed by atoms with Crippen LogP contribution in [0.15, 0.2) is 36.4 Å². The first-order valence-corrected chi connectivity index (χ1v) is 11.5. The van der Waals surface area contributed by atoms with E-state index in [0.717, 1.165) is 41.1 Å². The second kappa shape index (κ2) is 10.2. The van der Waals surface area contributed by atoms with Crippen molar-refractivity contribution < 1.29 is 54.9 Å². The van der Waals surface area contributed by atoms with Crippen LogP contribution in [0.3, 0.4) is 0 Å². The molecule has 0 aliphatic carbocycles. The second-order valence-electron chi connectivity index (χ2n) is 9.15. The summed E-state index contributed by atoms with van der Waals surface area (Å²) >= 11 is 0. The van der Waals surface area contributed by atoms with E-state index in [0.29, 0.717) is 11.0 Å². The topological polar surface area (TPSA) is 82.6 Å². The van der Waals surface area contributed by atoms with Crippen LogP contribution in [0.1, 0.15) is 17.5 Å². The van der Waals surface area contributed by atoms with Crippen molar-refractivity contribution in [1.29, 1.82) is 0 Å². The van der Waals surface area contributed by atoms with E-state index in [1.165, 1.54) is 0 Å². The number of hydrogen-bond acceptors (Lipinski definition) is 5. The molecular weight excluding hydrogens is 543 g/mol. The number of ether oxygens (including phenoxy) is 2. The Labute approximate surface area is 217 Å². The summed E-state index contributed by atoms with van der Waals surface area (Å²) in [5.74, 6) is -1.97. The fourth-order valence-electron chi connectivity index (χ4n) is 4.25. The standard InChI is InChI=1S/C24H22F7N3O5/c1-32(16-4-2-15(25)3-5-16)21(36)39-19-17(24(29,30)31)10-14(23(26,27)28)11-18(19)34-8-7-33(20(34)35)12-22(37)6-9-38-13-22/h2-5,10-11,37H,6-9,12-13H2,1H3. The molecule has 212 valence electrons. The van der Waals surface area contributed by atoms with Gasteiger partial charge in [-0.3, -0.25) is 9.80 Å². The van der Waals surface area contributed by atoms with Crippen molar-refractivity contribution in [2.75, 3.05) is 49.7 Å². The van der Waals surface area contributed by atoms with Crippen LogP contribution in [0.4, 0.5) is 51.7 Å². The number of hydrogen-bond donors (Lipinski definition) is 1. The molecule has 2 aromatic rings. The number of rotatable bonds is 5. The Morgan fingerprint density at radius 3 is 2.33 bits per heavy atom. The van der Waals surface area contributed by atoms with E-state index in [2.05, 4.69) is 0 Å². The highest BCUT2D eigenvalue weighted by molar-refractivity contribution is 5.97. The van der Waals surface area contributed by atoms with E-state index >= 15 is 0 Å². The minimum absolute atomic E-state index is 0.0128. The highest BCUT2D eigenvalue weighted by atomic mass is 19.4. The Morgan fingerprint density at radius 2 is 1.77 bits per heavy atom. The molecule has 0 bridgehead atoms. The van der Waals surface area contributed by atoms with Gasteiger partial charge in [0, 0.05) is 38.9 Å². The van der Waals surface area contributed by atoms with E-state index < -0.39 is 58.5 Å². The van der Waals surface area contributed by atoms with Crippen LogP contribution < -0.4 is 14.5 Å². The molecule has 2 aromatic carbocycles. The third kappa shape index (κ3) is 6.03. The zero-order valence-electron chi connectivity index (χ0n) is 20.3. The number of β-amino-alcohol motifs (C(OH)–C–C–N with tert-alkyl or cyclic N) is 1. The SMILES string of the molecule is CN(C(=O)Oc1c(N2CCN(CC3(O)CCOC3)C2=O)cc(C(F)(F)F)cc1C(F)(F)F)c1ccc(F)cc1. The summed E-state index contributed by atoms with van der Waals surface area (Å²) in [7, 11) is 1.10. The van der Waals surface area contributed by atoms with E-state index in [1.54, 1.807) is 0 Å². The van der Waals surface area contributed by atoms with Crippen LogP contribution in [0, 0.1) is 5.82 Å². The second-order valence-corrected chi connectivity index (χ2v) is 9.15. The number of alkyl halides is 6. The van der Waals surface area contributed by atoms with E-state index in [9.17, 15) is 45.4 Å². The van der Waals surface area contributed by atoms with Crippen molar-refractivity contribution in [3.63, 3.8) is 0 Å². The van der Waals surface area contributed by atoms with E-state index in [4.69, 9.17) is 9.47 Å². The van der Waals surface area contributed by atoms with Crippen LogP contribution in [0.5, 0.6) is 5.75 Å². The van der Waals surface area contributed by atoms with Crippen LogP contribution in [-0.4, -0.2) is 67.6 Å². The van der Waals surface area contributed by atoms with Gasteiger partial charge in [0.15, 0.2) is 5.75 Å². The Morgan fingerprint density at radius 1 is 1.10 bits per heavy atom. The van der Waals surface area contributed by atoms with Gasteiger partial charge in [-0.15, -0.1) is 0 Å². The molecule has 2 saturated heterocycles. The molecule has 1 unspecified atom stereocenters. The molecule has 8 nitrogen and oxygen atoms in total. The van der Waals surface area contributed by atoms with Gasteiger partial charge in [0.1, 0.15) is 17.0 Å². The first-order chi connectivity index (χ1) is 18.1. The minimum atomic E-state index is -5.42. The van der Waals surface area contributed by atoms with Gasteiger partial charge in [-0.25, -0.2) is 14.0 Å². The molecule has 0 saturated carbocycles. The zero-order valence-corrected chi connectivity index (χ0v) is 20.3. The predicted molar refractivity (Wildman–Crippen MR) is 122 cm³/mol. The van der Waals surface area contributed by atoms with Gasteiger partial charge in [0.25, 0.3) is 0 Å². The number of nitrogens with zero attached hydrogens (tertiary/aromatic N) is 3. The maximum Gasteiger partial charge on any atom is 0.420 e. The van der Waals surface area contributed by atoms with Crippen molar-refractivity contribution in [2.24, 2.45) is 0 Å². The minimum Gasteiger partial charge on any atom is -0.407 e. The molecule has 15 heteroatoms. The number of carbonyl (C=O) groups is 2. The van der Waals surface area contributed by atoms with Crippen molar-refractivity contribution in [2.45, 2.75) is 24.4 Å². The monoisotopic (exact) mass is 565 g/mol. The fraction of sp³-hybridized carbons (Fsp3) is 0.417. The Kier molecular flexibility index (Phi) is 7.42. The van der Waals surface area contributed by atoms with Crippen LogP contribution in [-0.2, 0) is 17.1 Å². The molecule has 3 amide bonds. The molecule has 1 N–H and O–H groups in total. The van der Waals surface area contributed by atoms with E-state index in [-0.39, 0.29) is 51.0 Å². The third-order valence-electron chi connectivity index (χ3n) is 6.33. The lowest BCUT2D eigenvalue weighted by Crippen LogP contribution is -2.45. The maximum absolute atomic E-state index is 14.0. The van der Waals surface area contributed by atoms with Gasteiger partial charge in [0.2, 0.25) is 0 Å². The van der Waals surface area contributed by atoms with E-state index in [1.807, 2.05) is 0 Å². The van der Waals surface area contributed by atoms with Gasteiger partial charge in [0.05, 0.1) is 24.4 Å². The van der Waals surface area contributed by atoms with Crippen molar-refractivity contribution in [1.82, 2.24) is 4.90 Å². The molecule has 2 fully saturated rings. The first kappa shape index (κ1) is 28.4. The summed E-state index contributed by atoms with van der Waals surface area (Å²) in [5.41, 5.74) is -5.99. The Bertz CT molecular complexity index is 1240. The number of aliphatic hydroxyl groups is 1. The normalized spacial score (nSPS) is 20.1. The van der Waals surface area contributed by atoms with Gasteiger partial charge in [-0.05, 0) is 36.4 Å². The number of halogens is 7. The summed E-state index contributed by atoms with van der Waals surface area (Å²) in [6, 6.07) is 3.32. The molecule has 1 atom stereocenters. The highest BCUT2D eigenvalue weighted by Crippen LogP contribution is 2.47. The number of urea groups is 1. The molecule has 39 heavy (non-hydrogen) atoms. The zero-order chi connectivity index (χ0) is 28.8. The summed E-state index contributed by atoms with van der Waals surface area (Å²) in [4.78, 5) is 28.4. The quantitative estimate of drug-likeness (QED) is 0.523. The highest BCUT2D eigenvalue weighted by Gasteiger charge is 2.45. The van der Waals surface area contributed by atoms with Crippen LogP contribution in [0.25, 0.3) is 0 Å². The van der Waals surface area contributed by atoms with Gasteiger partial charge in [-0.2, -0.15) is 26.3 Å². The maximum atomic E-state index is 14.0. The predicted octanol–water partition coefficient (Wildman–Crippen LogP) is 4.89. The van der Waals surface area contributed by atoms with Crippen molar-refractivity contribution in [3.05, 3.63) is 53.3 Å². The number of carbonyl (C=O) groups excluding carboxylic acids is 2. The lowest BCUT2D eigenvalue weighted by Gasteiger charge is -2.28. The molecular formula is C24H22F7N3O5. The number of amides is 3. The van der Waals surface area contributed by atoms with Gasteiger partial charge >= 0.3 is 24.5 Å². The summed E-state index contributed by atoms with van der Waals surface area (Å²) in [6.45, 7) is -0.645. The number of anilines is 2. The average Bonchev–Trinajstić information content (AvgIpc) is 3.43. The third-order valence-corrected chi connectivity index (χ3v) is 6.33. The van der Waals surface area contributed by atoms with Crippen LogP contribution >= 0.6 is 0 Å². The lowest BCUT2D eigenvalue weighted by atomic mass is 10.0. The molecule has 0 aromatic heterocycles. The summed E-state index contributed by atoms with van der Waals surface area (Å²) in [6.07, 6.45) is -11.9. The smallest absolute Gasteiger partial charge is 0.407 e. The van der Waals surface area contributed by atoms with Crippen molar-refractivity contribution in [3.8, 4) is 5.75 Å². The molecule has 2 aliphatic heterocycles. The average molecular weight is 565 g/mol. The molecule has 4 rings (SSSR count). The molecule has 0 radical (unpaired) electrons. The van der Waals surface area contributed by atoms with Gasteiger partial charge in [-0.1, -0.05) is 0 Å². The summed E-state index contributed by atoms with van der Waals surface area (Å²) in [5, 5.41) is 10.6. The fourth-order valence-corrected chi connectivity index (χ4v) is 4.25. The number of benzene rings is 2. The van der Waals surface area contributed by atoms with Gasteiger partial charge < -0.3 is 19.5 Å². The Balaban J connectivity index is 1.75. The van der Waals surface area contributed by atoms with Crippen molar-refractivity contribution >= 4 is 23.5 Å². The first-order valence-electron chi connectivity index (χ1n) is 11.5. The van der Waals surface area contributed by atoms with Crippen LogP contribution in [0.2, 0.25) is 0 Å². The Hall–Kier alpha value is -3.59. The lowest BCUT2D eigenvalue weighted by molar-refractivity contribution is -0.143. The summed E-state index contributed by atoms with van der Waals surface area (Å²) < 4.78 is 106.